The normalized spacial score (nSPS) is 19.1. The van der Waals surface area contributed by atoms with E-state index in [-0.39, 0.29) is 6.04 Å². The molecule has 1 aliphatic heterocycles. The maximum Gasteiger partial charge on any atom is 0.235 e. The summed E-state index contributed by atoms with van der Waals surface area (Å²) in [6.45, 7) is 4.95. The van der Waals surface area contributed by atoms with Crippen molar-refractivity contribution >= 4 is 16.9 Å². The van der Waals surface area contributed by atoms with Crippen LogP contribution in [0.4, 0.5) is 0 Å². The molecule has 0 amide bonds. The second kappa shape index (κ2) is 4.37. The summed E-state index contributed by atoms with van der Waals surface area (Å²) in [5, 5.41) is 1.03. The predicted molar refractivity (Wildman–Crippen MR) is 70.7 cm³/mol. The molecule has 4 heteroatoms. The van der Waals surface area contributed by atoms with Crippen molar-refractivity contribution in [3.8, 4) is 0 Å². The summed E-state index contributed by atoms with van der Waals surface area (Å²) in [5.41, 5.74) is 1.50. The minimum atomic E-state index is 0.237. The Morgan fingerprint density at radius 1 is 1.28 bits per heavy atom. The Kier molecular flexibility index (Phi) is 2.70. The lowest BCUT2D eigenvalue weighted by atomic mass is 10.1. The number of rotatable bonds is 2. The van der Waals surface area contributed by atoms with E-state index in [1.165, 1.54) is 0 Å². The molecule has 4 nitrogen and oxygen atoms in total. The van der Waals surface area contributed by atoms with Gasteiger partial charge in [-0.25, -0.2) is 15.0 Å². The second-order valence-electron chi connectivity index (χ2n) is 4.80. The largest absolute Gasteiger partial charge is 0.474 e. The Bertz CT molecular complexity index is 607. The van der Waals surface area contributed by atoms with Crippen LogP contribution in [0.15, 0.2) is 35.5 Å². The van der Waals surface area contributed by atoms with Gasteiger partial charge in [-0.3, -0.25) is 0 Å². The first-order chi connectivity index (χ1) is 8.74. The van der Waals surface area contributed by atoms with Gasteiger partial charge in [-0.2, -0.15) is 0 Å². The lowest BCUT2D eigenvalue weighted by Gasteiger charge is -2.06. The van der Waals surface area contributed by atoms with Crippen molar-refractivity contribution in [2.75, 3.05) is 6.61 Å². The standard InChI is InChI=1S/C14H15N3O/c1-9(2)12-8-18-14(17-12)11-6-5-10-4-3-7-15-13(10)16-11/h3-7,9,12H,8H2,1-2H3/t12-/m0/s1. The average molecular weight is 241 g/mol. The second-order valence-corrected chi connectivity index (χ2v) is 4.80. The minimum absolute atomic E-state index is 0.237. The van der Waals surface area contributed by atoms with E-state index < -0.39 is 0 Å². The third-order valence-corrected chi connectivity index (χ3v) is 3.13. The molecule has 0 spiro atoms. The molecule has 2 aromatic rings. The Hall–Kier alpha value is -1.97. The Morgan fingerprint density at radius 3 is 2.94 bits per heavy atom. The van der Waals surface area contributed by atoms with Crippen LogP contribution in [0.2, 0.25) is 0 Å². The summed E-state index contributed by atoms with van der Waals surface area (Å²) < 4.78 is 5.62. The fraction of sp³-hybridized carbons (Fsp3) is 0.357. The zero-order valence-electron chi connectivity index (χ0n) is 10.5. The molecule has 1 aliphatic rings. The lowest BCUT2D eigenvalue weighted by molar-refractivity contribution is 0.291. The van der Waals surface area contributed by atoms with E-state index in [1.54, 1.807) is 6.20 Å². The molecule has 92 valence electrons. The van der Waals surface area contributed by atoms with Gasteiger partial charge in [0.15, 0.2) is 5.65 Å². The molecular formula is C14H15N3O. The monoisotopic (exact) mass is 241 g/mol. The molecule has 0 saturated carbocycles. The molecule has 18 heavy (non-hydrogen) atoms. The highest BCUT2D eigenvalue weighted by atomic mass is 16.5. The van der Waals surface area contributed by atoms with Gasteiger partial charge in [-0.1, -0.05) is 13.8 Å². The molecule has 0 aliphatic carbocycles. The number of nitrogens with zero attached hydrogens (tertiary/aromatic N) is 3. The fourth-order valence-electron chi connectivity index (χ4n) is 1.94. The molecule has 3 rings (SSSR count). The Labute approximate surface area is 106 Å². The number of ether oxygens (including phenoxy) is 1. The van der Waals surface area contributed by atoms with Crippen molar-refractivity contribution in [3.63, 3.8) is 0 Å². The summed E-state index contributed by atoms with van der Waals surface area (Å²) in [4.78, 5) is 13.3. The summed E-state index contributed by atoms with van der Waals surface area (Å²) >= 11 is 0. The van der Waals surface area contributed by atoms with E-state index in [0.29, 0.717) is 18.4 Å². The Balaban J connectivity index is 1.98. The van der Waals surface area contributed by atoms with Crippen molar-refractivity contribution in [2.45, 2.75) is 19.9 Å². The van der Waals surface area contributed by atoms with E-state index in [9.17, 15) is 0 Å². The third kappa shape index (κ3) is 1.94. The maximum atomic E-state index is 5.62. The maximum absolute atomic E-state index is 5.62. The predicted octanol–water partition coefficient (Wildman–Crippen LogP) is 2.43. The molecule has 0 unspecified atom stereocenters. The van der Waals surface area contributed by atoms with Gasteiger partial charge in [0.05, 0.1) is 6.04 Å². The summed E-state index contributed by atoms with van der Waals surface area (Å²) in [6.07, 6.45) is 1.74. The molecule has 0 saturated heterocycles. The smallest absolute Gasteiger partial charge is 0.235 e. The highest BCUT2D eigenvalue weighted by Crippen LogP contribution is 2.18. The minimum Gasteiger partial charge on any atom is -0.474 e. The van der Waals surface area contributed by atoms with E-state index in [4.69, 9.17) is 4.74 Å². The van der Waals surface area contributed by atoms with Gasteiger partial charge in [0.1, 0.15) is 12.3 Å². The molecule has 0 bridgehead atoms. The Morgan fingerprint density at radius 2 is 2.17 bits per heavy atom. The quantitative estimate of drug-likeness (QED) is 0.811. The van der Waals surface area contributed by atoms with Crippen LogP contribution < -0.4 is 0 Å². The van der Waals surface area contributed by atoms with Crippen LogP contribution in [0, 0.1) is 5.92 Å². The van der Waals surface area contributed by atoms with Crippen molar-refractivity contribution < 1.29 is 4.74 Å². The number of hydrogen-bond donors (Lipinski definition) is 0. The van der Waals surface area contributed by atoms with Gasteiger partial charge in [0, 0.05) is 11.6 Å². The van der Waals surface area contributed by atoms with Gasteiger partial charge >= 0.3 is 0 Å². The molecule has 0 radical (unpaired) electrons. The van der Waals surface area contributed by atoms with Gasteiger partial charge < -0.3 is 4.74 Å². The molecule has 0 aromatic carbocycles. The first-order valence-electron chi connectivity index (χ1n) is 6.17. The van der Waals surface area contributed by atoms with E-state index in [1.807, 2.05) is 24.3 Å². The van der Waals surface area contributed by atoms with Gasteiger partial charge in [-0.15, -0.1) is 0 Å². The topological polar surface area (TPSA) is 47.4 Å². The number of hydrogen-bond acceptors (Lipinski definition) is 4. The van der Waals surface area contributed by atoms with Gasteiger partial charge in [0.2, 0.25) is 5.90 Å². The SMILES string of the molecule is CC(C)[C@@H]1COC(c2ccc3cccnc3n2)=N1. The molecule has 2 aromatic heterocycles. The molecule has 3 heterocycles. The van der Waals surface area contributed by atoms with Crippen LogP contribution in [0.25, 0.3) is 11.0 Å². The number of aromatic nitrogens is 2. The summed E-state index contributed by atoms with van der Waals surface area (Å²) in [7, 11) is 0. The molecule has 0 fully saturated rings. The highest BCUT2D eigenvalue weighted by Gasteiger charge is 2.23. The van der Waals surface area contributed by atoms with Crippen LogP contribution in [0.3, 0.4) is 0 Å². The average Bonchev–Trinajstić information content (AvgIpc) is 2.88. The van der Waals surface area contributed by atoms with E-state index >= 15 is 0 Å². The first kappa shape index (κ1) is 11.1. The van der Waals surface area contributed by atoms with Crippen molar-refractivity contribution in [1.29, 1.82) is 0 Å². The van der Waals surface area contributed by atoms with Crippen LogP contribution >= 0.6 is 0 Å². The fourth-order valence-corrected chi connectivity index (χ4v) is 1.94. The summed E-state index contributed by atoms with van der Waals surface area (Å²) in [6, 6.07) is 8.07. The van der Waals surface area contributed by atoms with Crippen molar-refractivity contribution in [1.82, 2.24) is 9.97 Å². The van der Waals surface area contributed by atoms with Crippen molar-refractivity contribution in [3.05, 3.63) is 36.2 Å². The van der Waals surface area contributed by atoms with Crippen LogP contribution in [0.1, 0.15) is 19.5 Å². The molecular weight excluding hydrogens is 226 g/mol. The lowest BCUT2D eigenvalue weighted by Crippen LogP contribution is -2.13. The number of aliphatic imine (C=N–C) groups is 1. The molecule has 1 atom stereocenters. The first-order valence-corrected chi connectivity index (χ1v) is 6.17. The zero-order chi connectivity index (χ0) is 12.5. The third-order valence-electron chi connectivity index (χ3n) is 3.13. The van der Waals surface area contributed by atoms with Crippen LogP contribution in [-0.4, -0.2) is 28.5 Å². The number of pyridine rings is 2. The van der Waals surface area contributed by atoms with E-state index in [0.717, 1.165) is 16.7 Å². The van der Waals surface area contributed by atoms with Crippen LogP contribution in [-0.2, 0) is 4.74 Å². The highest BCUT2D eigenvalue weighted by molar-refractivity contribution is 5.95. The zero-order valence-corrected chi connectivity index (χ0v) is 10.5. The van der Waals surface area contributed by atoms with Gasteiger partial charge in [-0.05, 0) is 30.2 Å². The molecule has 0 N–H and O–H groups in total. The number of fused-ring (bicyclic) bond motifs is 1. The summed E-state index contributed by atoms with van der Waals surface area (Å²) in [5.74, 6) is 1.13. The van der Waals surface area contributed by atoms with Crippen LogP contribution in [0.5, 0.6) is 0 Å². The van der Waals surface area contributed by atoms with Crippen molar-refractivity contribution in [2.24, 2.45) is 10.9 Å². The van der Waals surface area contributed by atoms with Gasteiger partial charge in [0.25, 0.3) is 0 Å². The van der Waals surface area contributed by atoms with E-state index in [2.05, 4.69) is 28.8 Å².